The summed E-state index contributed by atoms with van der Waals surface area (Å²) < 4.78 is 0. The van der Waals surface area contributed by atoms with E-state index in [-0.39, 0.29) is 32.7 Å². The second-order valence-electron chi connectivity index (χ2n) is 8.94. The van der Waals surface area contributed by atoms with Crippen LogP contribution in [0.5, 0.6) is 0 Å². The van der Waals surface area contributed by atoms with E-state index in [1.54, 1.807) is 0 Å². The van der Waals surface area contributed by atoms with Gasteiger partial charge >= 0.3 is 0 Å². The third-order valence-corrected chi connectivity index (χ3v) is 7.14. The van der Waals surface area contributed by atoms with E-state index in [2.05, 4.69) is 115 Å². The summed E-state index contributed by atoms with van der Waals surface area (Å²) in [7, 11) is 0. The summed E-state index contributed by atoms with van der Waals surface area (Å²) in [6.45, 7) is 0. The van der Waals surface area contributed by atoms with E-state index in [1.807, 2.05) is 24.3 Å². The van der Waals surface area contributed by atoms with Gasteiger partial charge in [0, 0.05) is 54.6 Å². The molecule has 0 saturated heterocycles. The summed E-state index contributed by atoms with van der Waals surface area (Å²) in [6, 6.07) is 51.8. The van der Waals surface area contributed by atoms with Gasteiger partial charge in [-0.1, -0.05) is 72.8 Å². The molecule has 0 fully saturated rings. The van der Waals surface area contributed by atoms with Gasteiger partial charge < -0.3 is 0 Å². The van der Waals surface area contributed by atoms with E-state index < -0.39 is 5.41 Å². The van der Waals surface area contributed by atoms with Crippen LogP contribution in [0.25, 0.3) is 33.3 Å². The molecule has 0 unspecified atom stereocenters. The van der Waals surface area contributed by atoms with Gasteiger partial charge in [0.2, 0.25) is 0 Å². The van der Waals surface area contributed by atoms with Gasteiger partial charge in [-0.25, -0.2) is 4.98 Å². The predicted molar refractivity (Wildman–Crippen MR) is 142 cm³/mol. The van der Waals surface area contributed by atoms with Gasteiger partial charge in [-0.15, -0.1) is 11.1 Å². The van der Waals surface area contributed by atoms with Crippen LogP contribution in [0.2, 0.25) is 0 Å². The molecule has 1 aromatic heterocycles. The predicted octanol–water partition coefficient (Wildman–Crippen LogP) is 7.86. The van der Waals surface area contributed by atoms with Gasteiger partial charge in [0.25, 0.3) is 0 Å². The van der Waals surface area contributed by atoms with Crippen LogP contribution in [0.4, 0.5) is 0 Å². The number of hydrogen-bond donors (Lipinski definition) is 0. The van der Waals surface area contributed by atoms with Gasteiger partial charge in [-0.3, -0.25) is 0 Å². The Hall–Kier alpha value is -3.39. The minimum absolute atomic E-state index is 0. The SMILES string of the molecule is [Y].[c-]1ccccc1C1(c2[c-]cccc2)c2ccccc2-c2c(-c3ccccc3)nc3ccccc3c21. The first-order chi connectivity index (χ1) is 17.4. The van der Waals surface area contributed by atoms with E-state index in [1.165, 1.54) is 22.3 Å². The fraction of sp³-hybridized carbons (Fsp3) is 0.0294. The molecule has 36 heavy (non-hydrogen) atoms. The average molecular weight is 532 g/mol. The standard InChI is InChI=1S/C34H21N.Y/c1-4-14-24(15-5-1)33-31-27-20-10-12-22-29(27)34(25-16-6-2-7-17-25,26-18-8-3-9-19-26)32(31)28-21-11-13-23-30(28)35-33;/h1-16,18,20-23H;/q-2;. The summed E-state index contributed by atoms with van der Waals surface area (Å²) in [5, 5.41) is 1.16. The maximum absolute atomic E-state index is 5.25. The molecule has 1 aliphatic carbocycles. The monoisotopic (exact) mass is 532 g/mol. The zero-order valence-electron chi connectivity index (χ0n) is 19.6. The number of para-hydroxylation sites is 1. The van der Waals surface area contributed by atoms with Gasteiger partial charge in [-0.05, 0) is 22.8 Å². The molecule has 0 N–H and O–H groups in total. The molecule has 5 aromatic carbocycles. The summed E-state index contributed by atoms with van der Waals surface area (Å²) in [4.78, 5) is 5.25. The molecule has 2 heteroatoms. The zero-order valence-corrected chi connectivity index (χ0v) is 22.5. The number of fused-ring (bicyclic) bond motifs is 5. The molecule has 1 aliphatic rings. The maximum Gasteiger partial charge on any atom is 0.0791 e. The third kappa shape index (κ3) is 3.27. The number of benzene rings is 5. The van der Waals surface area contributed by atoms with Gasteiger partial charge in [-0.2, -0.15) is 60.7 Å². The van der Waals surface area contributed by atoms with Crippen LogP contribution < -0.4 is 0 Å². The van der Waals surface area contributed by atoms with Crippen molar-refractivity contribution in [3.8, 4) is 22.4 Å². The molecule has 1 heterocycles. The fourth-order valence-electron chi connectivity index (χ4n) is 5.79. The van der Waals surface area contributed by atoms with Crippen LogP contribution in [0.15, 0.2) is 127 Å². The van der Waals surface area contributed by atoms with E-state index in [4.69, 9.17) is 4.98 Å². The number of hydrogen-bond acceptors (Lipinski definition) is 1. The van der Waals surface area contributed by atoms with E-state index >= 15 is 0 Å². The van der Waals surface area contributed by atoms with Crippen molar-refractivity contribution in [2.75, 3.05) is 0 Å². The largest absolute Gasteiger partial charge is 0.247 e. The Labute approximate surface area is 236 Å². The first-order valence-corrected chi connectivity index (χ1v) is 11.9. The van der Waals surface area contributed by atoms with Crippen molar-refractivity contribution >= 4 is 10.9 Å². The van der Waals surface area contributed by atoms with Crippen molar-refractivity contribution in [2.45, 2.75) is 5.41 Å². The molecule has 167 valence electrons. The third-order valence-electron chi connectivity index (χ3n) is 7.14. The minimum atomic E-state index is -0.555. The summed E-state index contributed by atoms with van der Waals surface area (Å²) in [5.74, 6) is 0. The second kappa shape index (κ2) is 9.24. The second-order valence-corrected chi connectivity index (χ2v) is 8.94. The maximum atomic E-state index is 5.25. The van der Waals surface area contributed by atoms with Crippen LogP contribution in [-0.4, -0.2) is 4.98 Å². The normalized spacial score (nSPS) is 13.0. The average Bonchev–Trinajstić information content (AvgIpc) is 3.26. The smallest absolute Gasteiger partial charge is 0.0791 e. The molecule has 0 spiro atoms. The molecule has 0 saturated carbocycles. The number of pyridine rings is 1. The summed E-state index contributed by atoms with van der Waals surface area (Å²) in [6.07, 6.45) is 0. The molecule has 1 nitrogen and oxygen atoms in total. The van der Waals surface area contributed by atoms with Gasteiger partial charge in [0.05, 0.1) is 11.2 Å². The fourth-order valence-corrected chi connectivity index (χ4v) is 5.79. The molecule has 6 aromatic rings. The summed E-state index contributed by atoms with van der Waals surface area (Å²) >= 11 is 0. The van der Waals surface area contributed by atoms with Gasteiger partial charge in [0.1, 0.15) is 0 Å². The van der Waals surface area contributed by atoms with Crippen molar-refractivity contribution in [3.05, 3.63) is 162 Å². The van der Waals surface area contributed by atoms with E-state index in [9.17, 15) is 0 Å². The minimum Gasteiger partial charge on any atom is -0.247 e. The molecule has 7 rings (SSSR count). The Morgan fingerprint density at radius 3 is 1.89 bits per heavy atom. The Kier molecular flexibility index (Phi) is 5.92. The van der Waals surface area contributed by atoms with E-state index in [0.29, 0.717) is 0 Å². The zero-order chi connectivity index (χ0) is 23.2. The number of nitrogens with zero attached hydrogens (tertiary/aromatic N) is 1. The van der Waals surface area contributed by atoms with Crippen molar-refractivity contribution in [1.29, 1.82) is 0 Å². The molecular formula is C34H21NY-2. The molecular weight excluding hydrogens is 511 g/mol. The Morgan fingerprint density at radius 2 is 1.19 bits per heavy atom. The van der Waals surface area contributed by atoms with Crippen LogP contribution in [-0.2, 0) is 38.1 Å². The number of aromatic nitrogens is 1. The van der Waals surface area contributed by atoms with Crippen molar-refractivity contribution in [3.63, 3.8) is 0 Å². The van der Waals surface area contributed by atoms with Crippen molar-refractivity contribution < 1.29 is 32.7 Å². The molecule has 0 aliphatic heterocycles. The first-order valence-electron chi connectivity index (χ1n) is 11.9. The summed E-state index contributed by atoms with van der Waals surface area (Å²) in [5.41, 5.74) is 9.72. The van der Waals surface area contributed by atoms with Crippen LogP contribution in [0, 0.1) is 12.1 Å². The number of rotatable bonds is 3. The Morgan fingerprint density at radius 1 is 0.583 bits per heavy atom. The molecule has 0 amide bonds. The molecule has 1 radical (unpaired) electrons. The Balaban J connectivity index is 0.00000240. The van der Waals surface area contributed by atoms with Gasteiger partial charge in [0.15, 0.2) is 0 Å². The Bertz CT molecular complexity index is 1640. The van der Waals surface area contributed by atoms with E-state index in [0.717, 1.165) is 33.3 Å². The molecule has 0 atom stereocenters. The van der Waals surface area contributed by atoms with Crippen LogP contribution >= 0.6 is 0 Å². The van der Waals surface area contributed by atoms with Crippen molar-refractivity contribution in [2.24, 2.45) is 0 Å². The van der Waals surface area contributed by atoms with Crippen molar-refractivity contribution in [1.82, 2.24) is 4.98 Å². The molecule has 0 bridgehead atoms. The topological polar surface area (TPSA) is 12.9 Å². The quantitative estimate of drug-likeness (QED) is 0.211. The first kappa shape index (κ1) is 23.0. The van der Waals surface area contributed by atoms with Crippen LogP contribution in [0.3, 0.4) is 0 Å². The van der Waals surface area contributed by atoms with Crippen LogP contribution in [0.1, 0.15) is 22.3 Å².